The Balaban J connectivity index is 1.64. The lowest BCUT2D eigenvalue weighted by Gasteiger charge is -2.22. The predicted octanol–water partition coefficient (Wildman–Crippen LogP) is 1.07. The van der Waals surface area contributed by atoms with Crippen molar-refractivity contribution < 1.29 is 23.6 Å². The number of nitrogens with zero attached hydrogens (tertiary/aromatic N) is 3. The van der Waals surface area contributed by atoms with Crippen LogP contribution >= 0.6 is 0 Å². The van der Waals surface area contributed by atoms with Crippen molar-refractivity contribution in [2.45, 2.75) is 25.9 Å². The second-order valence-electron chi connectivity index (χ2n) is 5.75. The molecule has 2 aromatic rings. The van der Waals surface area contributed by atoms with Crippen LogP contribution in [0.4, 0.5) is 4.79 Å². The molecule has 1 fully saturated rings. The number of aromatic nitrogens is 2. The van der Waals surface area contributed by atoms with Gasteiger partial charge in [-0.1, -0.05) is 11.2 Å². The first-order valence-corrected chi connectivity index (χ1v) is 7.31. The smallest absolute Gasteiger partial charge is 0.325 e. The highest BCUT2D eigenvalue weighted by molar-refractivity contribution is 6.07. The van der Waals surface area contributed by atoms with Gasteiger partial charge in [-0.15, -0.1) is 0 Å². The highest BCUT2D eigenvalue weighted by atomic mass is 16.7. The van der Waals surface area contributed by atoms with Crippen LogP contribution in [0.1, 0.15) is 24.2 Å². The molecule has 0 saturated carbocycles. The maximum atomic E-state index is 12.8. The number of hydrogen-bond acceptors (Lipinski definition) is 7. The lowest BCUT2D eigenvalue weighted by molar-refractivity contribution is -0.131. The maximum absolute atomic E-state index is 12.8. The van der Waals surface area contributed by atoms with Gasteiger partial charge in [0.15, 0.2) is 17.3 Å². The van der Waals surface area contributed by atoms with Gasteiger partial charge in [-0.2, -0.15) is 4.98 Å². The highest BCUT2D eigenvalue weighted by Crippen LogP contribution is 2.38. The van der Waals surface area contributed by atoms with E-state index in [0.717, 1.165) is 4.90 Å². The zero-order chi connectivity index (χ0) is 16.9. The lowest BCUT2D eigenvalue weighted by Crippen LogP contribution is -2.40. The van der Waals surface area contributed by atoms with Crippen LogP contribution in [0.5, 0.6) is 11.5 Å². The summed E-state index contributed by atoms with van der Waals surface area (Å²) in [5.74, 6) is 1.39. The highest BCUT2D eigenvalue weighted by Gasteiger charge is 2.49. The number of amides is 3. The first kappa shape index (κ1) is 14.5. The normalized spacial score (nSPS) is 22.2. The molecule has 9 nitrogen and oxygen atoms in total. The molecule has 2 aliphatic rings. The van der Waals surface area contributed by atoms with Gasteiger partial charge >= 0.3 is 6.03 Å². The van der Waals surface area contributed by atoms with Crippen LogP contribution in [0.15, 0.2) is 22.7 Å². The number of carbonyl (C=O) groups is 2. The number of benzene rings is 1. The van der Waals surface area contributed by atoms with Crippen LogP contribution in [0, 0.1) is 6.92 Å². The third-order valence-corrected chi connectivity index (χ3v) is 4.09. The maximum Gasteiger partial charge on any atom is 0.325 e. The molecule has 1 saturated heterocycles. The monoisotopic (exact) mass is 330 g/mol. The van der Waals surface area contributed by atoms with Crippen molar-refractivity contribution in [3.8, 4) is 11.5 Å². The molecule has 0 spiro atoms. The summed E-state index contributed by atoms with van der Waals surface area (Å²) in [6.07, 6.45) is 0. The van der Waals surface area contributed by atoms with Crippen molar-refractivity contribution in [3.63, 3.8) is 0 Å². The van der Waals surface area contributed by atoms with E-state index < -0.39 is 17.5 Å². The van der Waals surface area contributed by atoms with Crippen LogP contribution in [0.2, 0.25) is 0 Å². The van der Waals surface area contributed by atoms with E-state index in [9.17, 15) is 9.59 Å². The molecule has 1 unspecified atom stereocenters. The average molecular weight is 330 g/mol. The first-order chi connectivity index (χ1) is 11.5. The molecule has 3 amide bonds. The minimum atomic E-state index is -1.20. The van der Waals surface area contributed by atoms with Crippen LogP contribution < -0.4 is 14.8 Å². The molecule has 0 bridgehead atoms. The van der Waals surface area contributed by atoms with E-state index in [-0.39, 0.29) is 19.2 Å². The molecule has 0 radical (unpaired) electrons. The number of carbonyl (C=O) groups excluding carboxylic acids is 2. The van der Waals surface area contributed by atoms with E-state index in [1.807, 2.05) is 0 Å². The van der Waals surface area contributed by atoms with Crippen molar-refractivity contribution in [1.29, 1.82) is 0 Å². The number of hydrogen-bond donors (Lipinski definition) is 1. The van der Waals surface area contributed by atoms with E-state index in [0.29, 0.717) is 22.9 Å². The van der Waals surface area contributed by atoms with Gasteiger partial charge in [-0.05, 0) is 31.5 Å². The number of urea groups is 1. The van der Waals surface area contributed by atoms with Gasteiger partial charge in [0.1, 0.15) is 12.1 Å². The van der Waals surface area contributed by atoms with Crippen molar-refractivity contribution in [3.05, 3.63) is 35.5 Å². The van der Waals surface area contributed by atoms with E-state index in [4.69, 9.17) is 14.0 Å². The number of imide groups is 1. The molecule has 1 atom stereocenters. The third kappa shape index (κ3) is 2.08. The second-order valence-corrected chi connectivity index (χ2v) is 5.75. The fourth-order valence-electron chi connectivity index (χ4n) is 2.78. The van der Waals surface area contributed by atoms with Crippen molar-refractivity contribution in [2.75, 3.05) is 6.79 Å². The Bertz CT molecular complexity index is 848. The Labute approximate surface area is 136 Å². The molecule has 124 valence electrons. The average Bonchev–Trinajstić information content (AvgIpc) is 3.23. The topological polar surface area (TPSA) is 107 Å². The Morgan fingerprint density at radius 3 is 2.83 bits per heavy atom. The fraction of sp³-hybridized carbons (Fsp3) is 0.333. The van der Waals surface area contributed by atoms with Crippen LogP contribution in [0.25, 0.3) is 0 Å². The Morgan fingerprint density at radius 2 is 2.08 bits per heavy atom. The summed E-state index contributed by atoms with van der Waals surface area (Å²) in [4.78, 5) is 30.2. The van der Waals surface area contributed by atoms with Gasteiger partial charge in [-0.25, -0.2) is 4.79 Å². The summed E-state index contributed by atoms with van der Waals surface area (Å²) in [7, 11) is 0. The molecule has 2 aliphatic heterocycles. The quantitative estimate of drug-likeness (QED) is 0.839. The summed E-state index contributed by atoms with van der Waals surface area (Å²) >= 11 is 0. The molecule has 0 aliphatic carbocycles. The molecular formula is C15H14N4O5. The fourth-order valence-corrected chi connectivity index (χ4v) is 2.78. The Hall–Kier alpha value is -3.10. The molecule has 1 aromatic carbocycles. The Kier molecular flexibility index (Phi) is 2.99. The van der Waals surface area contributed by atoms with Crippen molar-refractivity contribution >= 4 is 11.9 Å². The minimum absolute atomic E-state index is 0.0777. The SMILES string of the molecule is Cc1noc(CN2C(=O)NC(C)(c3ccc4c(c3)OCO4)C2=O)n1. The second kappa shape index (κ2) is 4.95. The molecule has 3 heterocycles. The molecule has 1 N–H and O–H groups in total. The molecule has 1 aromatic heterocycles. The summed E-state index contributed by atoms with van der Waals surface area (Å²) in [5.41, 5.74) is -0.595. The predicted molar refractivity (Wildman–Crippen MR) is 78.0 cm³/mol. The van der Waals surface area contributed by atoms with Gasteiger partial charge in [0.25, 0.3) is 5.91 Å². The largest absolute Gasteiger partial charge is 0.454 e. The number of aryl methyl sites for hydroxylation is 1. The summed E-state index contributed by atoms with van der Waals surface area (Å²) in [6, 6.07) is 4.62. The van der Waals surface area contributed by atoms with Gasteiger partial charge in [0, 0.05) is 0 Å². The van der Waals surface area contributed by atoms with Crippen LogP contribution in [-0.4, -0.2) is 33.8 Å². The lowest BCUT2D eigenvalue weighted by atomic mass is 9.91. The van der Waals surface area contributed by atoms with E-state index in [2.05, 4.69) is 15.5 Å². The summed E-state index contributed by atoms with van der Waals surface area (Å²) in [5, 5.41) is 6.37. The van der Waals surface area contributed by atoms with Gasteiger partial charge in [0.05, 0.1) is 0 Å². The first-order valence-electron chi connectivity index (χ1n) is 7.31. The third-order valence-electron chi connectivity index (χ3n) is 4.09. The molecular weight excluding hydrogens is 316 g/mol. The molecule has 4 rings (SSSR count). The zero-order valence-electron chi connectivity index (χ0n) is 13.0. The van der Waals surface area contributed by atoms with Gasteiger partial charge in [0.2, 0.25) is 12.7 Å². The van der Waals surface area contributed by atoms with E-state index >= 15 is 0 Å². The minimum Gasteiger partial charge on any atom is -0.454 e. The number of ether oxygens (including phenoxy) is 2. The molecule has 24 heavy (non-hydrogen) atoms. The van der Waals surface area contributed by atoms with Crippen molar-refractivity contribution in [1.82, 2.24) is 20.4 Å². The number of nitrogens with one attached hydrogen (secondary N) is 1. The van der Waals surface area contributed by atoms with Crippen LogP contribution in [0.3, 0.4) is 0 Å². The van der Waals surface area contributed by atoms with Gasteiger partial charge in [-0.3, -0.25) is 9.69 Å². The van der Waals surface area contributed by atoms with Crippen LogP contribution in [-0.2, 0) is 16.9 Å². The molecule has 9 heteroatoms. The summed E-state index contributed by atoms with van der Waals surface area (Å²) in [6.45, 7) is 3.36. The zero-order valence-corrected chi connectivity index (χ0v) is 13.0. The summed E-state index contributed by atoms with van der Waals surface area (Å²) < 4.78 is 15.6. The van der Waals surface area contributed by atoms with Gasteiger partial charge < -0.3 is 19.3 Å². The Morgan fingerprint density at radius 1 is 1.29 bits per heavy atom. The standard InChI is InChI=1S/C15H14N4O5/c1-8-16-12(24-18-8)6-19-13(20)15(2,17-14(19)21)9-3-4-10-11(5-9)23-7-22-10/h3-5H,6-7H2,1-2H3,(H,17,21). The number of rotatable bonds is 3. The number of fused-ring (bicyclic) bond motifs is 1. The van der Waals surface area contributed by atoms with E-state index in [1.165, 1.54) is 0 Å². The van der Waals surface area contributed by atoms with E-state index in [1.54, 1.807) is 32.0 Å². The van der Waals surface area contributed by atoms with Crippen molar-refractivity contribution in [2.24, 2.45) is 0 Å².